The lowest BCUT2D eigenvalue weighted by molar-refractivity contribution is -0.482. The molecule has 2 aromatic heterocycles. The van der Waals surface area contributed by atoms with Gasteiger partial charge in [-0.3, -0.25) is 0 Å². The third-order valence-electron chi connectivity index (χ3n) is 6.09. The van der Waals surface area contributed by atoms with Crippen molar-refractivity contribution in [3.8, 4) is 11.1 Å². The molecule has 0 fully saturated rings. The molecule has 6 aromatic rings. The Morgan fingerprint density at radius 3 is 1.78 bits per heavy atom. The predicted molar refractivity (Wildman–Crippen MR) is 135 cm³/mol. The molecule has 0 saturated heterocycles. The SMILES string of the molecule is C(=Cc1cc(-c2ccccc2)cc2c3ccccc3c3ccccc3[n+]12)c1ccccc1. The quantitative estimate of drug-likeness (QED) is 0.210. The van der Waals surface area contributed by atoms with Crippen LogP contribution in [0.15, 0.2) is 121 Å². The zero-order valence-corrected chi connectivity index (χ0v) is 17.6. The van der Waals surface area contributed by atoms with E-state index in [2.05, 4.69) is 138 Å². The summed E-state index contributed by atoms with van der Waals surface area (Å²) in [6.07, 6.45) is 4.43. The molecule has 0 saturated carbocycles. The van der Waals surface area contributed by atoms with Crippen molar-refractivity contribution >= 4 is 39.3 Å². The van der Waals surface area contributed by atoms with Crippen molar-refractivity contribution in [3.63, 3.8) is 0 Å². The Kier molecular flexibility index (Phi) is 4.51. The molecule has 2 heterocycles. The third-order valence-corrected chi connectivity index (χ3v) is 6.09. The van der Waals surface area contributed by atoms with Gasteiger partial charge in [-0.15, -0.1) is 0 Å². The van der Waals surface area contributed by atoms with Crippen LogP contribution in [0.5, 0.6) is 0 Å². The second-order valence-electron chi connectivity index (χ2n) is 8.06. The van der Waals surface area contributed by atoms with Gasteiger partial charge in [0.15, 0.2) is 0 Å². The van der Waals surface area contributed by atoms with Gasteiger partial charge in [0.25, 0.3) is 0 Å². The minimum Gasteiger partial charge on any atom is -0.153 e. The van der Waals surface area contributed by atoms with Crippen LogP contribution in [-0.2, 0) is 0 Å². The summed E-state index contributed by atoms with van der Waals surface area (Å²) in [5.74, 6) is 0. The highest BCUT2D eigenvalue weighted by atomic mass is 14.9. The van der Waals surface area contributed by atoms with E-state index in [-0.39, 0.29) is 0 Å². The largest absolute Gasteiger partial charge is 0.220 e. The molecular weight excluding hydrogens is 386 g/mol. The average molecular weight is 409 g/mol. The minimum atomic E-state index is 1.16. The molecule has 0 radical (unpaired) electrons. The number of para-hydroxylation sites is 1. The summed E-state index contributed by atoms with van der Waals surface area (Å²) in [6.45, 7) is 0. The van der Waals surface area contributed by atoms with Gasteiger partial charge in [0, 0.05) is 29.7 Å². The number of benzene rings is 4. The second kappa shape index (κ2) is 7.79. The van der Waals surface area contributed by atoms with Crippen LogP contribution in [0, 0.1) is 0 Å². The zero-order valence-electron chi connectivity index (χ0n) is 17.6. The van der Waals surface area contributed by atoms with E-state index in [1.54, 1.807) is 0 Å². The standard InChI is InChI=1S/C31H22N/c1-3-11-23(12-4-1)19-20-26-21-25(24-13-5-2-6-14-24)22-31-29-17-8-7-15-27(29)28-16-9-10-18-30(28)32(26)31/h1-22H/q+1. The Hall–Kier alpha value is -4.23. The molecule has 0 bridgehead atoms. The summed E-state index contributed by atoms with van der Waals surface area (Å²) < 4.78 is 2.39. The molecule has 0 atom stereocenters. The van der Waals surface area contributed by atoms with E-state index in [0.29, 0.717) is 0 Å². The number of rotatable bonds is 3. The first-order valence-corrected chi connectivity index (χ1v) is 11.0. The van der Waals surface area contributed by atoms with E-state index in [1.165, 1.54) is 43.9 Å². The van der Waals surface area contributed by atoms with Crippen molar-refractivity contribution in [2.45, 2.75) is 0 Å². The van der Waals surface area contributed by atoms with Crippen LogP contribution in [0.2, 0.25) is 0 Å². The van der Waals surface area contributed by atoms with Crippen LogP contribution in [0.4, 0.5) is 0 Å². The third kappa shape index (κ3) is 3.16. The fourth-order valence-corrected chi connectivity index (χ4v) is 4.59. The monoisotopic (exact) mass is 408 g/mol. The van der Waals surface area contributed by atoms with Crippen molar-refractivity contribution in [1.82, 2.24) is 0 Å². The molecule has 0 aliphatic carbocycles. The topological polar surface area (TPSA) is 4.10 Å². The molecule has 32 heavy (non-hydrogen) atoms. The fourth-order valence-electron chi connectivity index (χ4n) is 4.59. The molecule has 150 valence electrons. The lowest BCUT2D eigenvalue weighted by atomic mass is 9.99. The maximum atomic E-state index is 2.39. The van der Waals surface area contributed by atoms with Crippen LogP contribution in [0.25, 0.3) is 50.5 Å². The smallest absolute Gasteiger partial charge is 0.153 e. The molecular formula is C31H22N+. The number of hydrogen-bond acceptors (Lipinski definition) is 0. The van der Waals surface area contributed by atoms with Gasteiger partial charge in [-0.25, -0.2) is 0 Å². The molecule has 4 aromatic carbocycles. The molecule has 0 spiro atoms. The van der Waals surface area contributed by atoms with Gasteiger partial charge >= 0.3 is 0 Å². The van der Waals surface area contributed by atoms with Gasteiger partial charge in [-0.2, -0.15) is 4.40 Å². The van der Waals surface area contributed by atoms with Gasteiger partial charge in [0.05, 0.1) is 10.8 Å². The number of aromatic nitrogens is 1. The molecule has 6 rings (SSSR count). The highest BCUT2D eigenvalue weighted by molar-refractivity contribution is 6.10. The fraction of sp³-hybridized carbons (Fsp3) is 0. The van der Waals surface area contributed by atoms with Gasteiger partial charge in [0.1, 0.15) is 0 Å². The summed E-state index contributed by atoms with van der Waals surface area (Å²) in [6, 6.07) is 43.1. The molecule has 0 unspecified atom stereocenters. The summed E-state index contributed by atoms with van der Waals surface area (Å²) >= 11 is 0. The second-order valence-corrected chi connectivity index (χ2v) is 8.06. The van der Waals surface area contributed by atoms with Crippen LogP contribution in [-0.4, -0.2) is 0 Å². The molecule has 0 N–H and O–H groups in total. The number of nitrogens with zero attached hydrogens (tertiary/aromatic N) is 1. The Bertz CT molecular complexity index is 1600. The van der Waals surface area contributed by atoms with Crippen LogP contribution < -0.4 is 4.40 Å². The van der Waals surface area contributed by atoms with Crippen molar-refractivity contribution in [2.24, 2.45) is 0 Å². The van der Waals surface area contributed by atoms with Crippen LogP contribution in [0.1, 0.15) is 11.3 Å². The summed E-state index contributed by atoms with van der Waals surface area (Å²) in [7, 11) is 0. The maximum Gasteiger partial charge on any atom is 0.220 e. The molecule has 0 aliphatic heterocycles. The molecule has 0 amide bonds. The van der Waals surface area contributed by atoms with Gasteiger partial charge in [-0.05, 0) is 34.9 Å². The Morgan fingerprint density at radius 1 is 0.438 bits per heavy atom. The van der Waals surface area contributed by atoms with Crippen LogP contribution in [0.3, 0.4) is 0 Å². The Morgan fingerprint density at radius 2 is 1.03 bits per heavy atom. The van der Waals surface area contributed by atoms with Crippen molar-refractivity contribution in [1.29, 1.82) is 0 Å². The Balaban J connectivity index is 1.75. The van der Waals surface area contributed by atoms with E-state index in [4.69, 9.17) is 0 Å². The highest BCUT2D eigenvalue weighted by Crippen LogP contribution is 2.30. The van der Waals surface area contributed by atoms with E-state index >= 15 is 0 Å². The summed E-state index contributed by atoms with van der Waals surface area (Å²) in [5.41, 5.74) is 7.23. The van der Waals surface area contributed by atoms with Gasteiger partial charge < -0.3 is 0 Å². The van der Waals surface area contributed by atoms with Crippen molar-refractivity contribution in [2.75, 3.05) is 0 Å². The lowest BCUT2D eigenvalue weighted by Crippen LogP contribution is -2.27. The zero-order chi connectivity index (χ0) is 21.3. The first kappa shape index (κ1) is 18.5. The summed E-state index contributed by atoms with van der Waals surface area (Å²) in [5, 5.41) is 3.81. The molecule has 1 nitrogen and oxygen atoms in total. The predicted octanol–water partition coefficient (Wildman–Crippen LogP) is 7.57. The number of fused-ring (bicyclic) bond motifs is 6. The van der Waals surface area contributed by atoms with E-state index < -0.39 is 0 Å². The average Bonchev–Trinajstić information content (AvgIpc) is 2.88. The van der Waals surface area contributed by atoms with E-state index in [0.717, 1.165) is 5.69 Å². The minimum absolute atomic E-state index is 1.16. The normalized spacial score (nSPS) is 11.6. The van der Waals surface area contributed by atoms with Gasteiger partial charge in [0.2, 0.25) is 16.7 Å². The van der Waals surface area contributed by atoms with Crippen molar-refractivity contribution < 1.29 is 4.40 Å². The van der Waals surface area contributed by atoms with E-state index in [9.17, 15) is 0 Å². The maximum absolute atomic E-state index is 2.39. The van der Waals surface area contributed by atoms with Gasteiger partial charge in [-0.1, -0.05) is 91.0 Å². The Labute approximate surface area is 187 Å². The van der Waals surface area contributed by atoms with Crippen LogP contribution >= 0.6 is 0 Å². The summed E-state index contributed by atoms with van der Waals surface area (Å²) in [4.78, 5) is 0. The first-order chi connectivity index (χ1) is 15.9. The molecule has 1 heteroatoms. The molecule has 0 aliphatic rings. The lowest BCUT2D eigenvalue weighted by Gasteiger charge is -2.09. The first-order valence-electron chi connectivity index (χ1n) is 11.0. The van der Waals surface area contributed by atoms with E-state index in [1.807, 2.05) is 0 Å². The highest BCUT2D eigenvalue weighted by Gasteiger charge is 2.20. The van der Waals surface area contributed by atoms with Crippen molar-refractivity contribution in [3.05, 3.63) is 133 Å². The number of pyridine rings is 2. The number of hydrogen-bond donors (Lipinski definition) is 0.